The number of halogens is 1. The second-order valence-corrected chi connectivity index (χ2v) is 8.35. The van der Waals surface area contributed by atoms with Crippen LogP contribution in [-0.4, -0.2) is 26.5 Å². The number of thiophene rings is 1. The summed E-state index contributed by atoms with van der Waals surface area (Å²) in [4.78, 5) is 21.7. The predicted molar refractivity (Wildman–Crippen MR) is 114 cm³/mol. The Morgan fingerprint density at radius 3 is 2.96 bits per heavy atom. The van der Waals surface area contributed by atoms with Gasteiger partial charge < -0.3 is 15.7 Å². The molecule has 1 aliphatic heterocycles. The van der Waals surface area contributed by atoms with Crippen LogP contribution in [0.25, 0.3) is 17.3 Å². The molecule has 2 aromatic heterocycles. The maximum Gasteiger partial charge on any atom is 0.285 e. The lowest BCUT2D eigenvalue weighted by Gasteiger charge is -2.08. The molecular formula is C19H15ClN4O2S2. The quantitative estimate of drug-likeness (QED) is 0.549. The van der Waals surface area contributed by atoms with Crippen molar-refractivity contribution < 1.29 is 9.90 Å². The molecular weight excluding hydrogens is 416 g/mol. The van der Waals surface area contributed by atoms with Gasteiger partial charge in [-0.1, -0.05) is 29.8 Å². The molecule has 28 heavy (non-hydrogen) atoms. The van der Waals surface area contributed by atoms with Gasteiger partial charge >= 0.3 is 0 Å². The number of aliphatic hydroxyl groups excluding tert-OH is 1. The molecule has 9 heteroatoms. The molecule has 3 aromatic rings. The van der Waals surface area contributed by atoms with Crippen LogP contribution in [0.15, 0.2) is 53.0 Å². The zero-order chi connectivity index (χ0) is 19.5. The third kappa shape index (κ3) is 4.36. The van der Waals surface area contributed by atoms with Crippen LogP contribution in [0.4, 0.5) is 10.6 Å². The van der Waals surface area contributed by atoms with Gasteiger partial charge in [0.15, 0.2) is 6.23 Å². The van der Waals surface area contributed by atoms with Crippen LogP contribution in [-0.2, 0) is 6.54 Å². The van der Waals surface area contributed by atoms with Crippen molar-refractivity contribution in [3.63, 3.8) is 0 Å². The van der Waals surface area contributed by atoms with Gasteiger partial charge in [-0.2, -0.15) is 0 Å². The summed E-state index contributed by atoms with van der Waals surface area (Å²) >= 11 is 8.69. The average Bonchev–Trinajstić information content (AvgIpc) is 3.28. The first-order valence-electron chi connectivity index (χ1n) is 8.35. The summed E-state index contributed by atoms with van der Waals surface area (Å²) in [6.45, 7) is 0.551. The molecule has 0 saturated carbocycles. The highest BCUT2D eigenvalue weighted by atomic mass is 35.5. The number of aliphatic hydroxyl groups is 1. The number of rotatable bonds is 5. The van der Waals surface area contributed by atoms with Gasteiger partial charge in [-0.25, -0.2) is 4.98 Å². The third-order valence-corrected chi connectivity index (χ3v) is 6.12. The molecule has 3 heterocycles. The van der Waals surface area contributed by atoms with Gasteiger partial charge in [0, 0.05) is 32.3 Å². The van der Waals surface area contributed by atoms with Gasteiger partial charge in [0.2, 0.25) is 0 Å². The van der Waals surface area contributed by atoms with E-state index in [1.54, 1.807) is 18.5 Å². The lowest BCUT2D eigenvalue weighted by Crippen LogP contribution is -2.23. The van der Waals surface area contributed by atoms with E-state index < -0.39 is 6.23 Å². The molecule has 0 spiro atoms. The molecule has 1 unspecified atom stereocenters. The lowest BCUT2D eigenvalue weighted by molar-refractivity contribution is 0.192. The number of aromatic nitrogens is 2. The second-order valence-electron chi connectivity index (χ2n) is 5.96. The van der Waals surface area contributed by atoms with Crippen molar-refractivity contribution in [2.45, 2.75) is 12.8 Å². The number of thioether (sulfide) groups is 1. The Hall–Kier alpha value is -2.39. The van der Waals surface area contributed by atoms with Crippen molar-refractivity contribution in [3.05, 3.63) is 68.5 Å². The number of benzene rings is 1. The molecule has 142 valence electrons. The molecule has 4 rings (SSSR count). The number of hydrogen-bond donors (Lipinski definition) is 3. The third-order valence-electron chi connectivity index (χ3n) is 3.99. The van der Waals surface area contributed by atoms with Gasteiger partial charge in [-0.15, -0.1) is 11.3 Å². The zero-order valence-electron chi connectivity index (χ0n) is 14.4. The van der Waals surface area contributed by atoms with Crippen molar-refractivity contribution in [2.24, 2.45) is 0 Å². The van der Waals surface area contributed by atoms with E-state index in [0.29, 0.717) is 22.3 Å². The number of hydrogen-bond acceptors (Lipinski definition) is 7. The standard InChI is InChI=1S/C19H15ClN4O2S2/c20-14-4-2-1-3-11(14)7-22-17-9-21-8-15(23-17)12-5-13(27-10-12)6-16-18(25)24-19(26)28-16/h1-6,8-10,18,25H,7H2,(H,22,23)(H,24,26). The molecule has 6 nitrogen and oxygen atoms in total. The van der Waals surface area contributed by atoms with Crippen molar-refractivity contribution in [1.82, 2.24) is 15.3 Å². The molecule has 0 aliphatic carbocycles. The Balaban J connectivity index is 1.49. The van der Waals surface area contributed by atoms with Crippen molar-refractivity contribution in [2.75, 3.05) is 5.32 Å². The summed E-state index contributed by atoms with van der Waals surface area (Å²) in [6, 6.07) is 9.60. The molecule has 1 saturated heterocycles. The smallest absolute Gasteiger partial charge is 0.285 e. The van der Waals surface area contributed by atoms with Crippen LogP contribution in [0.3, 0.4) is 0 Å². The summed E-state index contributed by atoms with van der Waals surface area (Å²) in [6.07, 6.45) is 4.22. The Kier molecular flexibility index (Phi) is 5.63. The highest BCUT2D eigenvalue weighted by Crippen LogP contribution is 2.32. The monoisotopic (exact) mass is 430 g/mol. The lowest BCUT2D eigenvalue weighted by atomic mass is 10.2. The Bertz CT molecular complexity index is 1050. The first kappa shape index (κ1) is 18.9. The summed E-state index contributed by atoms with van der Waals surface area (Å²) in [5, 5.41) is 17.9. The van der Waals surface area contributed by atoms with Crippen LogP contribution >= 0.6 is 34.7 Å². The Labute approximate surface area is 174 Å². The first-order valence-corrected chi connectivity index (χ1v) is 10.4. The number of amides is 1. The fourth-order valence-electron chi connectivity index (χ4n) is 2.60. The number of nitrogens with zero attached hydrogens (tertiary/aromatic N) is 2. The number of anilines is 1. The van der Waals surface area contributed by atoms with Crippen molar-refractivity contribution in [1.29, 1.82) is 0 Å². The summed E-state index contributed by atoms with van der Waals surface area (Å²) in [5.41, 5.74) is 2.64. The molecule has 1 amide bonds. The SMILES string of the molecule is O=C1NC(O)C(=Cc2cc(-c3cncc(NCc4ccccc4Cl)n3)cs2)S1. The maximum atomic E-state index is 11.3. The molecule has 0 bridgehead atoms. The van der Waals surface area contributed by atoms with E-state index in [1.807, 2.05) is 35.7 Å². The van der Waals surface area contributed by atoms with E-state index in [-0.39, 0.29) is 5.24 Å². The Morgan fingerprint density at radius 1 is 1.32 bits per heavy atom. The predicted octanol–water partition coefficient (Wildman–Crippen LogP) is 4.59. The zero-order valence-corrected chi connectivity index (χ0v) is 16.8. The minimum atomic E-state index is -0.944. The highest BCUT2D eigenvalue weighted by Gasteiger charge is 2.25. The fraction of sp³-hybridized carbons (Fsp3) is 0.105. The van der Waals surface area contributed by atoms with Crippen LogP contribution in [0.1, 0.15) is 10.4 Å². The van der Waals surface area contributed by atoms with E-state index in [4.69, 9.17) is 11.6 Å². The highest BCUT2D eigenvalue weighted by molar-refractivity contribution is 8.17. The summed E-state index contributed by atoms with van der Waals surface area (Å²) < 4.78 is 0. The first-order chi connectivity index (χ1) is 13.6. The van der Waals surface area contributed by atoms with Gasteiger partial charge in [-0.05, 0) is 35.5 Å². The normalized spacial score (nSPS) is 17.7. The number of carbonyl (C=O) groups excluding carboxylic acids is 1. The molecule has 1 aliphatic rings. The summed E-state index contributed by atoms with van der Waals surface area (Å²) in [7, 11) is 0. The fourth-order valence-corrected chi connectivity index (χ4v) is 4.46. The van der Waals surface area contributed by atoms with Crippen LogP contribution in [0.5, 0.6) is 0 Å². The van der Waals surface area contributed by atoms with Gasteiger partial charge in [-0.3, -0.25) is 9.78 Å². The van der Waals surface area contributed by atoms with Gasteiger partial charge in [0.1, 0.15) is 5.82 Å². The minimum absolute atomic E-state index is 0.251. The van der Waals surface area contributed by atoms with Crippen LogP contribution in [0.2, 0.25) is 5.02 Å². The van der Waals surface area contributed by atoms with E-state index >= 15 is 0 Å². The topological polar surface area (TPSA) is 87.1 Å². The van der Waals surface area contributed by atoms with Crippen molar-refractivity contribution in [3.8, 4) is 11.3 Å². The largest absolute Gasteiger partial charge is 0.369 e. The van der Waals surface area contributed by atoms with Crippen LogP contribution in [0, 0.1) is 0 Å². The summed E-state index contributed by atoms with van der Waals surface area (Å²) in [5.74, 6) is 0.653. The number of carbonyl (C=O) groups is 1. The van der Waals surface area contributed by atoms with Crippen LogP contribution < -0.4 is 10.6 Å². The van der Waals surface area contributed by atoms with E-state index in [0.717, 1.165) is 33.5 Å². The van der Waals surface area contributed by atoms with E-state index in [1.165, 1.54) is 11.3 Å². The van der Waals surface area contributed by atoms with E-state index in [2.05, 4.69) is 20.6 Å². The maximum absolute atomic E-state index is 11.3. The van der Waals surface area contributed by atoms with Crippen molar-refractivity contribution >= 4 is 51.8 Å². The average molecular weight is 431 g/mol. The Morgan fingerprint density at radius 2 is 2.18 bits per heavy atom. The van der Waals surface area contributed by atoms with Gasteiger partial charge in [0.25, 0.3) is 5.24 Å². The van der Waals surface area contributed by atoms with Gasteiger partial charge in [0.05, 0.1) is 18.1 Å². The molecule has 1 aromatic carbocycles. The molecule has 1 fully saturated rings. The van der Waals surface area contributed by atoms with E-state index in [9.17, 15) is 9.90 Å². The number of nitrogens with one attached hydrogen (secondary N) is 2. The molecule has 1 atom stereocenters. The molecule has 3 N–H and O–H groups in total. The molecule has 0 radical (unpaired) electrons. The second kappa shape index (κ2) is 8.32. The minimum Gasteiger partial charge on any atom is -0.369 e.